The molecule has 0 radical (unpaired) electrons. The SMILES string of the molecule is O=C(C=Cc1c(F)cccc1F)NCCc1ccccc1. The molecule has 0 bridgehead atoms. The zero-order valence-electron chi connectivity index (χ0n) is 11.4. The van der Waals surface area contributed by atoms with Crippen LogP contribution in [0.1, 0.15) is 11.1 Å². The molecular weight excluding hydrogens is 272 g/mol. The Morgan fingerprint density at radius 2 is 1.67 bits per heavy atom. The topological polar surface area (TPSA) is 29.1 Å². The summed E-state index contributed by atoms with van der Waals surface area (Å²) >= 11 is 0. The number of nitrogens with one attached hydrogen (secondary N) is 1. The zero-order valence-corrected chi connectivity index (χ0v) is 11.4. The fourth-order valence-electron chi connectivity index (χ4n) is 1.86. The maximum absolute atomic E-state index is 13.4. The first kappa shape index (κ1) is 14.9. The number of hydrogen-bond donors (Lipinski definition) is 1. The molecule has 0 aromatic heterocycles. The molecule has 2 aromatic rings. The van der Waals surface area contributed by atoms with E-state index in [0.717, 1.165) is 29.8 Å². The minimum atomic E-state index is -0.691. The van der Waals surface area contributed by atoms with Crippen molar-refractivity contribution in [1.29, 1.82) is 0 Å². The highest BCUT2D eigenvalue weighted by atomic mass is 19.1. The van der Waals surface area contributed by atoms with E-state index in [-0.39, 0.29) is 11.5 Å². The van der Waals surface area contributed by atoms with Crippen molar-refractivity contribution in [1.82, 2.24) is 5.32 Å². The van der Waals surface area contributed by atoms with Gasteiger partial charge in [0.1, 0.15) is 11.6 Å². The molecular formula is C17H15F2NO. The van der Waals surface area contributed by atoms with E-state index >= 15 is 0 Å². The summed E-state index contributed by atoms with van der Waals surface area (Å²) in [7, 11) is 0. The standard InChI is InChI=1S/C17H15F2NO/c18-15-7-4-8-16(19)14(15)9-10-17(21)20-12-11-13-5-2-1-3-6-13/h1-10H,11-12H2,(H,20,21). The van der Waals surface area contributed by atoms with E-state index in [0.29, 0.717) is 13.0 Å². The second-order valence-corrected chi connectivity index (χ2v) is 4.50. The Morgan fingerprint density at radius 3 is 2.33 bits per heavy atom. The highest BCUT2D eigenvalue weighted by molar-refractivity contribution is 5.91. The first-order chi connectivity index (χ1) is 10.2. The Bertz CT molecular complexity index is 618. The van der Waals surface area contributed by atoms with Crippen LogP contribution in [0.2, 0.25) is 0 Å². The van der Waals surface area contributed by atoms with Gasteiger partial charge in [0.2, 0.25) is 5.91 Å². The summed E-state index contributed by atoms with van der Waals surface area (Å²) in [6.45, 7) is 0.465. The number of carbonyl (C=O) groups excluding carboxylic acids is 1. The van der Waals surface area contributed by atoms with Crippen molar-refractivity contribution in [3.63, 3.8) is 0 Å². The van der Waals surface area contributed by atoms with Crippen LogP contribution in [0.3, 0.4) is 0 Å². The molecule has 0 unspecified atom stereocenters. The molecule has 0 spiro atoms. The Labute approximate surface area is 122 Å². The van der Waals surface area contributed by atoms with Crippen LogP contribution in [0.4, 0.5) is 8.78 Å². The summed E-state index contributed by atoms with van der Waals surface area (Å²) in [6.07, 6.45) is 2.98. The van der Waals surface area contributed by atoms with Crippen molar-refractivity contribution in [2.24, 2.45) is 0 Å². The highest BCUT2D eigenvalue weighted by Gasteiger charge is 2.05. The summed E-state index contributed by atoms with van der Waals surface area (Å²) in [6, 6.07) is 13.3. The lowest BCUT2D eigenvalue weighted by Gasteiger charge is -2.03. The number of halogens is 2. The van der Waals surface area contributed by atoms with Crippen molar-refractivity contribution < 1.29 is 13.6 Å². The molecule has 0 aliphatic carbocycles. The van der Waals surface area contributed by atoms with E-state index < -0.39 is 11.6 Å². The smallest absolute Gasteiger partial charge is 0.244 e. The van der Waals surface area contributed by atoms with Crippen LogP contribution in [0.25, 0.3) is 6.08 Å². The molecule has 4 heteroatoms. The van der Waals surface area contributed by atoms with Crippen molar-refractivity contribution >= 4 is 12.0 Å². The van der Waals surface area contributed by atoms with Crippen molar-refractivity contribution in [3.8, 4) is 0 Å². The van der Waals surface area contributed by atoms with Crippen LogP contribution in [-0.4, -0.2) is 12.5 Å². The maximum atomic E-state index is 13.4. The number of hydrogen-bond acceptors (Lipinski definition) is 1. The highest BCUT2D eigenvalue weighted by Crippen LogP contribution is 2.13. The van der Waals surface area contributed by atoms with Crippen LogP contribution in [0.5, 0.6) is 0 Å². The predicted octanol–water partition coefficient (Wildman–Crippen LogP) is 3.34. The summed E-state index contributed by atoms with van der Waals surface area (Å²) < 4.78 is 26.7. The molecule has 0 aliphatic rings. The Morgan fingerprint density at radius 1 is 1.00 bits per heavy atom. The quantitative estimate of drug-likeness (QED) is 0.840. The van der Waals surface area contributed by atoms with E-state index in [1.54, 1.807) is 0 Å². The van der Waals surface area contributed by atoms with Gasteiger partial charge in [0.15, 0.2) is 0 Å². The van der Waals surface area contributed by atoms with Crippen LogP contribution < -0.4 is 5.32 Å². The number of carbonyl (C=O) groups is 1. The van der Waals surface area contributed by atoms with Gasteiger partial charge in [0.05, 0.1) is 0 Å². The molecule has 1 amide bonds. The Balaban J connectivity index is 1.86. The van der Waals surface area contributed by atoms with Crippen LogP contribution in [-0.2, 0) is 11.2 Å². The fourth-order valence-corrected chi connectivity index (χ4v) is 1.86. The van der Waals surface area contributed by atoms with E-state index in [1.807, 2.05) is 30.3 Å². The van der Waals surface area contributed by atoms with Crippen molar-refractivity contribution in [2.45, 2.75) is 6.42 Å². The summed E-state index contributed by atoms with van der Waals surface area (Å²) in [4.78, 5) is 11.6. The molecule has 0 atom stereocenters. The average molecular weight is 287 g/mol. The molecule has 1 N–H and O–H groups in total. The van der Waals surface area contributed by atoms with Gasteiger partial charge in [-0.05, 0) is 30.2 Å². The van der Waals surface area contributed by atoms with E-state index in [2.05, 4.69) is 5.32 Å². The number of benzene rings is 2. The largest absolute Gasteiger partial charge is 0.352 e. The number of amides is 1. The van der Waals surface area contributed by atoms with Crippen LogP contribution in [0.15, 0.2) is 54.6 Å². The van der Waals surface area contributed by atoms with Gasteiger partial charge < -0.3 is 5.32 Å². The molecule has 21 heavy (non-hydrogen) atoms. The Hall–Kier alpha value is -2.49. The molecule has 0 aliphatic heterocycles. The van der Waals surface area contributed by atoms with Gasteiger partial charge >= 0.3 is 0 Å². The first-order valence-corrected chi connectivity index (χ1v) is 6.60. The fraction of sp³-hybridized carbons (Fsp3) is 0.118. The van der Waals surface area contributed by atoms with Gasteiger partial charge in [-0.1, -0.05) is 36.4 Å². The normalized spacial score (nSPS) is 10.8. The maximum Gasteiger partial charge on any atom is 0.244 e. The van der Waals surface area contributed by atoms with Gasteiger partial charge in [0.25, 0.3) is 0 Å². The third-order valence-electron chi connectivity index (χ3n) is 2.96. The predicted molar refractivity (Wildman–Crippen MR) is 78.5 cm³/mol. The lowest BCUT2D eigenvalue weighted by Crippen LogP contribution is -2.23. The lowest BCUT2D eigenvalue weighted by atomic mass is 10.1. The molecule has 0 saturated heterocycles. The van der Waals surface area contributed by atoms with Gasteiger partial charge in [-0.15, -0.1) is 0 Å². The molecule has 2 nitrogen and oxygen atoms in total. The second-order valence-electron chi connectivity index (χ2n) is 4.50. The van der Waals surface area contributed by atoms with Gasteiger partial charge in [-0.25, -0.2) is 8.78 Å². The molecule has 2 rings (SSSR count). The molecule has 108 valence electrons. The molecule has 2 aromatic carbocycles. The minimum Gasteiger partial charge on any atom is -0.352 e. The summed E-state index contributed by atoms with van der Waals surface area (Å²) in [5.41, 5.74) is 0.901. The third-order valence-corrected chi connectivity index (χ3v) is 2.96. The third kappa shape index (κ3) is 4.53. The van der Waals surface area contributed by atoms with Crippen molar-refractivity contribution in [3.05, 3.63) is 77.4 Å². The molecule has 0 heterocycles. The lowest BCUT2D eigenvalue weighted by molar-refractivity contribution is -0.116. The van der Waals surface area contributed by atoms with Gasteiger partial charge in [-0.2, -0.15) is 0 Å². The Kier molecular flexibility index (Phi) is 5.21. The van der Waals surface area contributed by atoms with Crippen LogP contribution >= 0.6 is 0 Å². The van der Waals surface area contributed by atoms with Gasteiger partial charge in [0, 0.05) is 18.2 Å². The van der Waals surface area contributed by atoms with Gasteiger partial charge in [-0.3, -0.25) is 4.79 Å². The van der Waals surface area contributed by atoms with E-state index in [9.17, 15) is 13.6 Å². The second kappa shape index (κ2) is 7.33. The zero-order chi connectivity index (χ0) is 15.1. The molecule has 0 fully saturated rings. The first-order valence-electron chi connectivity index (χ1n) is 6.60. The van der Waals surface area contributed by atoms with Crippen molar-refractivity contribution in [2.75, 3.05) is 6.54 Å². The van der Waals surface area contributed by atoms with E-state index in [1.165, 1.54) is 6.07 Å². The number of rotatable bonds is 5. The summed E-state index contributed by atoms with van der Waals surface area (Å²) in [5, 5.41) is 2.67. The summed E-state index contributed by atoms with van der Waals surface area (Å²) in [5.74, 6) is -1.76. The average Bonchev–Trinajstić information content (AvgIpc) is 2.48. The monoisotopic (exact) mass is 287 g/mol. The minimum absolute atomic E-state index is 0.212. The molecule has 0 saturated carbocycles. The van der Waals surface area contributed by atoms with E-state index in [4.69, 9.17) is 0 Å². The van der Waals surface area contributed by atoms with Crippen LogP contribution in [0, 0.1) is 11.6 Å².